The molecule has 0 fully saturated rings. The monoisotopic (exact) mass is 313 g/mol. The highest BCUT2D eigenvalue weighted by Gasteiger charge is 2.11. The van der Waals surface area contributed by atoms with Crippen LogP contribution in [-0.4, -0.2) is 15.0 Å². The molecule has 0 aliphatic rings. The van der Waals surface area contributed by atoms with Crippen molar-refractivity contribution in [3.8, 4) is 11.1 Å². The first kappa shape index (κ1) is 14.6. The highest BCUT2D eigenvalue weighted by atomic mass is 15.4. The molecule has 0 aliphatic carbocycles. The van der Waals surface area contributed by atoms with Crippen LogP contribution in [0.3, 0.4) is 0 Å². The molecule has 0 N–H and O–H groups in total. The highest BCUT2D eigenvalue weighted by molar-refractivity contribution is 5.91. The van der Waals surface area contributed by atoms with Gasteiger partial charge >= 0.3 is 0 Å². The molecule has 0 aliphatic heterocycles. The summed E-state index contributed by atoms with van der Waals surface area (Å²) in [6.07, 6.45) is 0. The van der Waals surface area contributed by atoms with E-state index in [2.05, 4.69) is 84.8 Å². The lowest BCUT2D eigenvalue weighted by molar-refractivity contribution is 0.667. The van der Waals surface area contributed by atoms with E-state index in [1.54, 1.807) is 0 Å². The van der Waals surface area contributed by atoms with Gasteiger partial charge in [-0.2, -0.15) is 0 Å². The van der Waals surface area contributed by atoms with Gasteiger partial charge in [0, 0.05) is 5.56 Å². The van der Waals surface area contributed by atoms with E-state index in [1.807, 2.05) is 10.7 Å². The lowest BCUT2D eigenvalue weighted by Crippen LogP contribution is -2.04. The summed E-state index contributed by atoms with van der Waals surface area (Å²) in [5.41, 5.74) is 8.22. The van der Waals surface area contributed by atoms with Crippen LogP contribution < -0.4 is 0 Å². The summed E-state index contributed by atoms with van der Waals surface area (Å²) >= 11 is 0. The molecule has 1 aromatic heterocycles. The maximum Gasteiger partial charge on any atom is 0.121 e. The third kappa shape index (κ3) is 2.48. The van der Waals surface area contributed by atoms with E-state index < -0.39 is 0 Å². The smallest absolute Gasteiger partial charge is 0.121 e. The van der Waals surface area contributed by atoms with Gasteiger partial charge in [-0.3, -0.25) is 0 Å². The number of hydrogen-bond acceptors (Lipinski definition) is 2. The van der Waals surface area contributed by atoms with Crippen LogP contribution in [0, 0.1) is 13.8 Å². The van der Waals surface area contributed by atoms with Crippen molar-refractivity contribution < 1.29 is 0 Å². The van der Waals surface area contributed by atoms with Crippen LogP contribution in [0.2, 0.25) is 0 Å². The van der Waals surface area contributed by atoms with E-state index in [0.29, 0.717) is 0 Å². The topological polar surface area (TPSA) is 30.7 Å². The second kappa shape index (κ2) is 5.93. The minimum Gasteiger partial charge on any atom is -0.240 e. The Morgan fingerprint density at radius 1 is 0.833 bits per heavy atom. The van der Waals surface area contributed by atoms with Crippen molar-refractivity contribution in [3.05, 3.63) is 83.4 Å². The molecule has 24 heavy (non-hydrogen) atoms. The van der Waals surface area contributed by atoms with Crippen LogP contribution in [0.1, 0.15) is 16.7 Å². The summed E-state index contributed by atoms with van der Waals surface area (Å²) in [4.78, 5) is 0. The zero-order chi connectivity index (χ0) is 16.5. The van der Waals surface area contributed by atoms with E-state index >= 15 is 0 Å². The second-order valence-corrected chi connectivity index (χ2v) is 6.15. The van der Waals surface area contributed by atoms with Crippen LogP contribution in [0.4, 0.5) is 0 Å². The Morgan fingerprint density at radius 2 is 1.62 bits per heavy atom. The Bertz CT molecular complexity index is 1000. The standard InChI is InChI=1S/C21H19N3/c1-15-8-6-11-18(16(15)2)14-24-20-13-7-12-19(21(20)22-23-24)17-9-4-3-5-10-17/h3-13H,14H2,1-2H3. The lowest BCUT2D eigenvalue weighted by Gasteiger charge is -2.09. The molecule has 3 nitrogen and oxygen atoms in total. The van der Waals surface area contributed by atoms with Crippen LogP contribution in [-0.2, 0) is 6.54 Å². The largest absolute Gasteiger partial charge is 0.240 e. The van der Waals surface area contributed by atoms with Gasteiger partial charge in [0.25, 0.3) is 0 Å². The molecule has 0 amide bonds. The molecule has 4 rings (SSSR count). The molecule has 118 valence electrons. The highest BCUT2D eigenvalue weighted by Crippen LogP contribution is 2.27. The van der Waals surface area contributed by atoms with Gasteiger partial charge in [-0.15, -0.1) is 5.10 Å². The molecule has 0 atom stereocenters. The fourth-order valence-corrected chi connectivity index (χ4v) is 3.10. The van der Waals surface area contributed by atoms with Gasteiger partial charge in [-0.1, -0.05) is 65.9 Å². The minimum absolute atomic E-state index is 0.738. The second-order valence-electron chi connectivity index (χ2n) is 6.15. The third-order valence-electron chi connectivity index (χ3n) is 4.67. The molecule has 4 aromatic rings. The molecule has 0 spiro atoms. The summed E-state index contributed by atoms with van der Waals surface area (Å²) in [5, 5.41) is 8.87. The Balaban J connectivity index is 1.80. The van der Waals surface area contributed by atoms with Crippen molar-refractivity contribution in [1.82, 2.24) is 15.0 Å². The van der Waals surface area contributed by atoms with Crippen LogP contribution >= 0.6 is 0 Å². The molecule has 0 saturated heterocycles. The number of rotatable bonds is 3. The van der Waals surface area contributed by atoms with Gasteiger partial charge < -0.3 is 0 Å². The normalized spacial score (nSPS) is 11.1. The fraction of sp³-hybridized carbons (Fsp3) is 0.143. The van der Waals surface area contributed by atoms with Crippen LogP contribution in [0.5, 0.6) is 0 Å². The maximum absolute atomic E-state index is 4.46. The van der Waals surface area contributed by atoms with Crippen molar-refractivity contribution in [1.29, 1.82) is 0 Å². The first-order chi connectivity index (χ1) is 11.7. The zero-order valence-electron chi connectivity index (χ0n) is 13.9. The van der Waals surface area contributed by atoms with E-state index in [4.69, 9.17) is 0 Å². The first-order valence-corrected chi connectivity index (χ1v) is 8.17. The van der Waals surface area contributed by atoms with Crippen molar-refractivity contribution in [2.45, 2.75) is 20.4 Å². The summed E-state index contributed by atoms with van der Waals surface area (Å²) in [5.74, 6) is 0. The summed E-state index contributed by atoms with van der Waals surface area (Å²) in [6.45, 7) is 5.05. The Labute approximate surface area is 141 Å². The van der Waals surface area contributed by atoms with E-state index in [0.717, 1.165) is 23.1 Å². The van der Waals surface area contributed by atoms with Gasteiger partial charge in [0.1, 0.15) is 5.52 Å². The fourth-order valence-electron chi connectivity index (χ4n) is 3.10. The molecule has 0 unspecified atom stereocenters. The van der Waals surface area contributed by atoms with E-state index in [9.17, 15) is 0 Å². The van der Waals surface area contributed by atoms with Gasteiger partial charge in [0.2, 0.25) is 0 Å². The van der Waals surface area contributed by atoms with Crippen molar-refractivity contribution in [2.24, 2.45) is 0 Å². The summed E-state index contributed by atoms with van der Waals surface area (Å²) in [6, 6.07) is 23.0. The molecule has 0 bridgehead atoms. The van der Waals surface area contributed by atoms with Crippen molar-refractivity contribution >= 4 is 11.0 Å². The van der Waals surface area contributed by atoms with Crippen molar-refractivity contribution in [3.63, 3.8) is 0 Å². The molecule has 1 heterocycles. The first-order valence-electron chi connectivity index (χ1n) is 8.17. The Kier molecular flexibility index (Phi) is 3.62. The van der Waals surface area contributed by atoms with Gasteiger partial charge in [-0.05, 0) is 42.2 Å². The molecule has 0 saturated carbocycles. The Morgan fingerprint density at radius 3 is 2.46 bits per heavy atom. The van der Waals surface area contributed by atoms with E-state index in [-0.39, 0.29) is 0 Å². The minimum atomic E-state index is 0.738. The van der Waals surface area contributed by atoms with Gasteiger partial charge in [0.15, 0.2) is 0 Å². The number of benzene rings is 3. The zero-order valence-corrected chi connectivity index (χ0v) is 13.9. The molecule has 3 heteroatoms. The average Bonchev–Trinajstić information content (AvgIpc) is 3.03. The lowest BCUT2D eigenvalue weighted by atomic mass is 10.0. The number of hydrogen-bond donors (Lipinski definition) is 0. The number of aryl methyl sites for hydroxylation is 1. The quantitative estimate of drug-likeness (QED) is 0.546. The van der Waals surface area contributed by atoms with Gasteiger partial charge in [0.05, 0.1) is 12.1 Å². The number of fused-ring (bicyclic) bond motifs is 1. The predicted octanol–water partition coefficient (Wildman–Crippen LogP) is 4.76. The van der Waals surface area contributed by atoms with Crippen molar-refractivity contribution in [2.75, 3.05) is 0 Å². The van der Waals surface area contributed by atoms with Crippen LogP contribution in [0.15, 0.2) is 66.7 Å². The maximum atomic E-state index is 4.46. The molecular formula is C21H19N3. The number of aromatic nitrogens is 3. The third-order valence-corrected chi connectivity index (χ3v) is 4.67. The van der Waals surface area contributed by atoms with Gasteiger partial charge in [-0.25, -0.2) is 4.68 Å². The average molecular weight is 313 g/mol. The molecular weight excluding hydrogens is 294 g/mol. The molecule has 0 radical (unpaired) electrons. The Hall–Kier alpha value is -2.94. The predicted molar refractivity (Wildman–Crippen MR) is 98.0 cm³/mol. The SMILES string of the molecule is Cc1cccc(Cn2nnc3c(-c4ccccc4)cccc32)c1C. The summed E-state index contributed by atoms with van der Waals surface area (Å²) in [7, 11) is 0. The van der Waals surface area contributed by atoms with E-state index in [1.165, 1.54) is 22.3 Å². The number of nitrogens with zero attached hydrogens (tertiary/aromatic N) is 3. The van der Waals surface area contributed by atoms with Crippen LogP contribution in [0.25, 0.3) is 22.2 Å². The molecule has 3 aromatic carbocycles. The summed E-state index contributed by atoms with van der Waals surface area (Å²) < 4.78 is 1.99.